The van der Waals surface area contributed by atoms with Gasteiger partial charge in [-0.25, -0.2) is 4.99 Å². The summed E-state index contributed by atoms with van der Waals surface area (Å²) < 4.78 is 2.54. The normalized spacial score (nSPS) is 11.9. The predicted octanol–water partition coefficient (Wildman–Crippen LogP) is 7.87. The molecule has 0 spiro atoms. The number of hydrogen-bond donors (Lipinski definition) is 0. The van der Waals surface area contributed by atoms with Gasteiger partial charge in [0.15, 0.2) is 0 Å². The quantitative estimate of drug-likeness (QED) is 0.264. The second kappa shape index (κ2) is 9.78. The number of fused-ring (bicyclic) bond motifs is 1. The molecule has 2 nitrogen and oxygen atoms in total. The third-order valence-corrected chi connectivity index (χ3v) is 5.85. The highest BCUT2D eigenvalue weighted by molar-refractivity contribution is 6.21. The number of aliphatic imine (C=N–C) groups is 1. The molecule has 2 heteroatoms. The van der Waals surface area contributed by atoms with E-state index in [0.29, 0.717) is 0 Å². The average molecular weight is 409 g/mol. The van der Waals surface area contributed by atoms with E-state index in [1.54, 1.807) is 0 Å². The van der Waals surface area contributed by atoms with Crippen LogP contribution in [0.25, 0.3) is 10.9 Å². The second-order valence-electron chi connectivity index (χ2n) is 8.26. The molecule has 4 aromatic rings. The number of aromatic nitrogens is 1. The Morgan fingerprint density at radius 1 is 0.806 bits per heavy atom. The highest BCUT2D eigenvalue weighted by Crippen LogP contribution is 2.32. The molecular weight excluding hydrogens is 376 g/mol. The molecule has 0 fully saturated rings. The molecule has 0 bridgehead atoms. The van der Waals surface area contributed by atoms with E-state index in [1.165, 1.54) is 46.1 Å². The number of aryl methyl sites for hydroxylation is 2. The van der Waals surface area contributed by atoms with Gasteiger partial charge in [0.1, 0.15) is 0 Å². The fourth-order valence-corrected chi connectivity index (χ4v) is 4.31. The van der Waals surface area contributed by atoms with E-state index in [0.717, 1.165) is 30.8 Å². The first-order valence-corrected chi connectivity index (χ1v) is 11.5. The maximum absolute atomic E-state index is 5.24. The Bertz CT molecular complexity index is 1160. The first-order chi connectivity index (χ1) is 15.2. The molecule has 0 amide bonds. The fraction of sp³-hybridized carbons (Fsp3) is 0.276. The largest absolute Gasteiger partial charge is 0.344 e. The molecule has 0 aliphatic carbocycles. The molecule has 158 valence electrons. The number of unbranched alkanes of at least 4 members (excludes halogenated alkanes) is 1. The maximum Gasteiger partial charge on any atom is 0.0805 e. The highest BCUT2D eigenvalue weighted by atomic mass is 15.0. The summed E-state index contributed by atoms with van der Waals surface area (Å²) in [6.45, 7) is 7.68. The van der Waals surface area contributed by atoms with Crippen LogP contribution in [-0.4, -0.2) is 10.3 Å². The van der Waals surface area contributed by atoms with Crippen LogP contribution in [0.5, 0.6) is 0 Å². The van der Waals surface area contributed by atoms with Crippen molar-refractivity contribution < 1.29 is 0 Å². The number of nitrogens with zero attached hydrogens (tertiary/aromatic N) is 2. The van der Waals surface area contributed by atoms with Gasteiger partial charge in [0.2, 0.25) is 0 Å². The summed E-state index contributed by atoms with van der Waals surface area (Å²) in [6.07, 6.45) is 4.55. The number of rotatable bonds is 8. The van der Waals surface area contributed by atoms with Crippen molar-refractivity contribution in [3.05, 3.63) is 101 Å². The van der Waals surface area contributed by atoms with Gasteiger partial charge >= 0.3 is 0 Å². The van der Waals surface area contributed by atoms with Crippen LogP contribution >= 0.6 is 0 Å². The van der Waals surface area contributed by atoms with E-state index in [4.69, 9.17) is 4.99 Å². The molecule has 4 rings (SSSR count). The second-order valence-corrected chi connectivity index (χ2v) is 8.26. The van der Waals surface area contributed by atoms with Crippen LogP contribution in [-0.2, 0) is 13.0 Å². The van der Waals surface area contributed by atoms with Gasteiger partial charge in [0.25, 0.3) is 0 Å². The Balaban J connectivity index is 2.02. The van der Waals surface area contributed by atoms with Gasteiger partial charge in [0, 0.05) is 34.3 Å². The predicted molar refractivity (Wildman–Crippen MR) is 134 cm³/mol. The van der Waals surface area contributed by atoms with Crippen molar-refractivity contribution in [3.8, 4) is 0 Å². The van der Waals surface area contributed by atoms with E-state index in [-0.39, 0.29) is 0 Å². The van der Waals surface area contributed by atoms with Crippen molar-refractivity contribution in [1.82, 2.24) is 4.57 Å². The van der Waals surface area contributed by atoms with Crippen molar-refractivity contribution in [1.29, 1.82) is 0 Å². The van der Waals surface area contributed by atoms with Crippen LogP contribution in [0.3, 0.4) is 0 Å². The molecule has 0 aliphatic rings. The molecule has 3 aromatic carbocycles. The Morgan fingerprint density at radius 2 is 1.52 bits per heavy atom. The lowest BCUT2D eigenvalue weighted by molar-refractivity contribution is 0.648. The van der Waals surface area contributed by atoms with Crippen LogP contribution in [0.2, 0.25) is 0 Å². The number of hydrogen-bond acceptors (Lipinski definition) is 1. The van der Waals surface area contributed by atoms with Crippen molar-refractivity contribution in [2.24, 2.45) is 4.99 Å². The summed E-state index contributed by atoms with van der Waals surface area (Å²) in [6, 6.07) is 28.0. The van der Waals surface area contributed by atoms with Crippen LogP contribution in [0.4, 0.5) is 5.69 Å². The standard InChI is InChI=1S/C29H32N2/c1-4-6-15-27-28(25-14-10-11-16-26(25)31(27)21-5-2)29(23-12-8-7-9-13-23)30-24-19-17-22(3)18-20-24/h7-14,16-20H,4-6,15,21H2,1-3H3. The topological polar surface area (TPSA) is 17.3 Å². The smallest absolute Gasteiger partial charge is 0.0805 e. The van der Waals surface area contributed by atoms with Gasteiger partial charge in [-0.1, -0.05) is 86.5 Å². The number of benzene rings is 3. The van der Waals surface area contributed by atoms with E-state index >= 15 is 0 Å². The van der Waals surface area contributed by atoms with Crippen molar-refractivity contribution in [2.75, 3.05) is 0 Å². The molecule has 0 aliphatic heterocycles. The third-order valence-electron chi connectivity index (χ3n) is 5.85. The Hall–Kier alpha value is -3.13. The van der Waals surface area contributed by atoms with Crippen molar-refractivity contribution in [2.45, 2.75) is 53.0 Å². The molecule has 0 radical (unpaired) electrons. The summed E-state index contributed by atoms with van der Waals surface area (Å²) in [5.74, 6) is 0. The zero-order chi connectivity index (χ0) is 21.6. The van der Waals surface area contributed by atoms with Gasteiger partial charge in [-0.3, -0.25) is 0 Å². The molecule has 31 heavy (non-hydrogen) atoms. The molecule has 0 saturated heterocycles. The first-order valence-electron chi connectivity index (χ1n) is 11.5. The molecular formula is C29H32N2. The summed E-state index contributed by atoms with van der Waals surface area (Å²) in [7, 11) is 0. The first kappa shape index (κ1) is 21.1. The van der Waals surface area contributed by atoms with E-state index in [2.05, 4.69) is 104 Å². The number of para-hydroxylation sites is 1. The van der Waals surface area contributed by atoms with E-state index in [1.807, 2.05) is 0 Å². The van der Waals surface area contributed by atoms with Gasteiger partial charge in [0.05, 0.1) is 11.4 Å². The van der Waals surface area contributed by atoms with Gasteiger partial charge in [-0.15, -0.1) is 0 Å². The van der Waals surface area contributed by atoms with Gasteiger partial charge < -0.3 is 4.57 Å². The van der Waals surface area contributed by atoms with Crippen LogP contribution in [0.1, 0.15) is 55.5 Å². The third kappa shape index (κ3) is 4.49. The SMILES string of the molecule is CCCCc1c(C(=Nc2ccc(C)cc2)c2ccccc2)c2ccccc2n1CCC. The minimum Gasteiger partial charge on any atom is -0.344 e. The lowest BCUT2D eigenvalue weighted by Crippen LogP contribution is -2.10. The molecule has 1 aromatic heterocycles. The fourth-order valence-electron chi connectivity index (χ4n) is 4.31. The van der Waals surface area contributed by atoms with Crippen LogP contribution in [0, 0.1) is 6.92 Å². The molecule has 0 atom stereocenters. The lowest BCUT2D eigenvalue weighted by atomic mass is 9.97. The summed E-state index contributed by atoms with van der Waals surface area (Å²) in [4.78, 5) is 5.24. The zero-order valence-electron chi connectivity index (χ0n) is 18.9. The van der Waals surface area contributed by atoms with Crippen molar-refractivity contribution in [3.63, 3.8) is 0 Å². The van der Waals surface area contributed by atoms with Crippen LogP contribution in [0.15, 0.2) is 83.9 Å². The summed E-state index contributed by atoms with van der Waals surface area (Å²) in [5.41, 5.74) is 8.52. The Labute approximate surface area is 186 Å². The lowest BCUT2D eigenvalue weighted by Gasteiger charge is -2.13. The van der Waals surface area contributed by atoms with E-state index < -0.39 is 0 Å². The van der Waals surface area contributed by atoms with Gasteiger partial charge in [-0.05, 0) is 44.4 Å². The molecule has 0 N–H and O–H groups in total. The summed E-state index contributed by atoms with van der Waals surface area (Å²) in [5, 5.41) is 1.30. The Morgan fingerprint density at radius 3 is 2.23 bits per heavy atom. The molecule has 0 unspecified atom stereocenters. The minimum absolute atomic E-state index is 0.998. The monoisotopic (exact) mass is 408 g/mol. The van der Waals surface area contributed by atoms with Gasteiger partial charge in [-0.2, -0.15) is 0 Å². The van der Waals surface area contributed by atoms with Crippen LogP contribution < -0.4 is 0 Å². The minimum atomic E-state index is 0.998. The zero-order valence-corrected chi connectivity index (χ0v) is 18.9. The molecule has 1 heterocycles. The van der Waals surface area contributed by atoms with E-state index in [9.17, 15) is 0 Å². The molecule has 0 saturated carbocycles. The summed E-state index contributed by atoms with van der Waals surface area (Å²) >= 11 is 0. The average Bonchev–Trinajstić information content (AvgIpc) is 3.11. The van der Waals surface area contributed by atoms with Crippen molar-refractivity contribution >= 4 is 22.3 Å². The Kier molecular flexibility index (Phi) is 6.66. The highest BCUT2D eigenvalue weighted by Gasteiger charge is 2.21. The maximum atomic E-state index is 5.24.